The average Bonchev–Trinajstić information content (AvgIpc) is 3.16. The third-order valence-corrected chi connectivity index (χ3v) is 4.38. The van der Waals surface area contributed by atoms with Gasteiger partial charge in [-0.15, -0.1) is 0 Å². The summed E-state index contributed by atoms with van der Waals surface area (Å²) >= 11 is 0. The quantitative estimate of drug-likeness (QED) is 0.872. The number of aromatic nitrogens is 2. The summed E-state index contributed by atoms with van der Waals surface area (Å²) in [6.45, 7) is 4.44. The van der Waals surface area contributed by atoms with E-state index in [1.807, 2.05) is 7.05 Å². The van der Waals surface area contributed by atoms with Gasteiger partial charge in [0.05, 0.1) is 0 Å². The van der Waals surface area contributed by atoms with Crippen LogP contribution in [0.1, 0.15) is 56.3 Å². The Balaban J connectivity index is 1.84. The molecule has 2 atom stereocenters. The molecule has 2 saturated carbocycles. The monoisotopic (exact) mass is 260 g/mol. The van der Waals surface area contributed by atoms with Crippen LogP contribution in [0.4, 0.5) is 11.6 Å². The maximum absolute atomic E-state index is 4.77. The van der Waals surface area contributed by atoms with Crippen molar-refractivity contribution in [3.8, 4) is 0 Å². The van der Waals surface area contributed by atoms with Gasteiger partial charge >= 0.3 is 0 Å². The van der Waals surface area contributed by atoms with Crippen molar-refractivity contribution in [1.82, 2.24) is 9.97 Å². The molecule has 2 fully saturated rings. The molecule has 3 rings (SSSR count). The minimum Gasteiger partial charge on any atom is -0.373 e. The first-order chi connectivity index (χ1) is 9.17. The molecule has 19 heavy (non-hydrogen) atoms. The number of nitrogens with one attached hydrogen (secondary N) is 2. The lowest BCUT2D eigenvalue weighted by Crippen LogP contribution is -2.18. The molecule has 0 radical (unpaired) electrons. The molecule has 0 saturated heterocycles. The van der Waals surface area contributed by atoms with Crippen molar-refractivity contribution >= 4 is 11.6 Å². The molecule has 2 N–H and O–H groups in total. The minimum absolute atomic E-state index is 0.584. The zero-order valence-corrected chi connectivity index (χ0v) is 12.2. The van der Waals surface area contributed by atoms with E-state index < -0.39 is 0 Å². The van der Waals surface area contributed by atoms with Gasteiger partial charge < -0.3 is 10.6 Å². The molecule has 1 heterocycles. The highest BCUT2D eigenvalue weighted by Gasteiger charge is 2.29. The molecule has 2 aliphatic rings. The number of hydrogen-bond donors (Lipinski definition) is 2. The maximum Gasteiger partial charge on any atom is 0.136 e. The molecule has 1 aromatic heterocycles. The van der Waals surface area contributed by atoms with E-state index in [-0.39, 0.29) is 0 Å². The van der Waals surface area contributed by atoms with Gasteiger partial charge in [-0.05, 0) is 44.9 Å². The second-order valence-corrected chi connectivity index (χ2v) is 6.19. The Kier molecular flexibility index (Phi) is 3.33. The Morgan fingerprint density at radius 3 is 2.37 bits per heavy atom. The van der Waals surface area contributed by atoms with Gasteiger partial charge in [0.15, 0.2) is 0 Å². The van der Waals surface area contributed by atoms with Crippen LogP contribution < -0.4 is 10.6 Å². The van der Waals surface area contributed by atoms with E-state index in [9.17, 15) is 0 Å². The second-order valence-electron chi connectivity index (χ2n) is 6.19. The third-order valence-electron chi connectivity index (χ3n) is 4.38. The molecule has 4 heteroatoms. The van der Waals surface area contributed by atoms with E-state index in [0.717, 1.165) is 28.9 Å². The van der Waals surface area contributed by atoms with Gasteiger partial charge in [-0.25, -0.2) is 9.97 Å². The fourth-order valence-electron chi connectivity index (χ4n) is 2.97. The first kappa shape index (κ1) is 12.7. The van der Waals surface area contributed by atoms with Crippen LogP contribution in [-0.2, 0) is 0 Å². The molecule has 0 bridgehead atoms. The van der Waals surface area contributed by atoms with Gasteiger partial charge in [-0.1, -0.05) is 6.92 Å². The van der Waals surface area contributed by atoms with Crippen LogP contribution in [0.5, 0.6) is 0 Å². The molecule has 104 valence electrons. The first-order valence-corrected chi connectivity index (χ1v) is 7.50. The standard InChI is InChI=1S/C15H24N4/c1-9-4-7-12(8-9)17-14-10(2)13(16-3)18-15(19-14)11-5-6-11/h9,11-12H,4-8H2,1-3H3,(H2,16,17,18,19). The van der Waals surface area contributed by atoms with Crippen LogP contribution in [0.25, 0.3) is 0 Å². The van der Waals surface area contributed by atoms with Crippen molar-refractivity contribution in [2.45, 2.75) is 57.9 Å². The highest BCUT2D eigenvalue weighted by atomic mass is 15.1. The lowest BCUT2D eigenvalue weighted by atomic mass is 10.1. The summed E-state index contributed by atoms with van der Waals surface area (Å²) in [6.07, 6.45) is 6.34. The summed E-state index contributed by atoms with van der Waals surface area (Å²) in [5.74, 6) is 4.47. The second kappa shape index (κ2) is 4.99. The fraction of sp³-hybridized carbons (Fsp3) is 0.733. The van der Waals surface area contributed by atoms with Crippen molar-refractivity contribution in [3.63, 3.8) is 0 Å². The molecule has 0 aromatic carbocycles. The number of hydrogen-bond acceptors (Lipinski definition) is 4. The summed E-state index contributed by atoms with van der Waals surface area (Å²) in [5, 5.41) is 6.85. The lowest BCUT2D eigenvalue weighted by Gasteiger charge is -2.17. The van der Waals surface area contributed by atoms with Gasteiger partial charge in [0, 0.05) is 24.6 Å². The van der Waals surface area contributed by atoms with E-state index in [2.05, 4.69) is 29.5 Å². The summed E-state index contributed by atoms with van der Waals surface area (Å²) < 4.78 is 0. The predicted molar refractivity (Wildman–Crippen MR) is 78.7 cm³/mol. The Morgan fingerprint density at radius 1 is 1.05 bits per heavy atom. The van der Waals surface area contributed by atoms with Gasteiger partial charge in [0.1, 0.15) is 17.5 Å². The zero-order chi connectivity index (χ0) is 13.4. The van der Waals surface area contributed by atoms with Crippen LogP contribution in [0.3, 0.4) is 0 Å². The normalized spacial score (nSPS) is 26.5. The highest BCUT2D eigenvalue weighted by molar-refractivity contribution is 5.57. The van der Waals surface area contributed by atoms with Gasteiger partial charge in [-0.3, -0.25) is 0 Å². The molecule has 4 nitrogen and oxygen atoms in total. The summed E-state index contributed by atoms with van der Waals surface area (Å²) in [5.41, 5.74) is 1.14. The topological polar surface area (TPSA) is 49.8 Å². The fourth-order valence-corrected chi connectivity index (χ4v) is 2.97. The summed E-state index contributed by atoms with van der Waals surface area (Å²) in [4.78, 5) is 9.41. The average molecular weight is 260 g/mol. The summed E-state index contributed by atoms with van der Waals surface area (Å²) in [7, 11) is 1.94. The van der Waals surface area contributed by atoms with Crippen molar-refractivity contribution in [1.29, 1.82) is 0 Å². The molecular weight excluding hydrogens is 236 g/mol. The highest BCUT2D eigenvalue weighted by Crippen LogP contribution is 2.40. The van der Waals surface area contributed by atoms with Crippen molar-refractivity contribution < 1.29 is 0 Å². The first-order valence-electron chi connectivity index (χ1n) is 7.50. The van der Waals surface area contributed by atoms with Crippen LogP contribution in [0.15, 0.2) is 0 Å². The largest absolute Gasteiger partial charge is 0.373 e. The Bertz CT molecular complexity index is 467. The van der Waals surface area contributed by atoms with Crippen molar-refractivity contribution in [2.24, 2.45) is 5.92 Å². The SMILES string of the molecule is CNc1nc(C2CC2)nc(NC2CCC(C)C2)c1C. The van der Waals surface area contributed by atoms with E-state index in [1.54, 1.807) is 0 Å². The lowest BCUT2D eigenvalue weighted by molar-refractivity contribution is 0.602. The number of anilines is 2. The van der Waals surface area contributed by atoms with Crippen LogP contribution in [0, 0.1) is 12.8 Å². The van der Waals surface area contributed by atoms with Gasteiger partial charge in [-0.2, -0.15) is 0 Å². The van der Waals surface area contributed by atoms with E-state index in [0.29, 0.717) is 12.0 Å². The maximum atomic E-state index is 4.77. The van der Waals surface area contributed by atoms with E-state index >= 15 is 0 Å². The third kappa shape index (κ3) is 2.67. The number of nitrogens with zero attached hydrogens (tertiary/aromatic N) is 2. The Hall–Kier alpha value is -1.32. The minimum atomic E-state index is 0.584. The summed E-state index contributed by atoms with van der Waals surface area (Å²) in [6, 6.07) is 0.584. The molecule has 0 amide bonds. The smallest absolute Gasteiger partial charge is 0.136 e. The van der Waals surface area contributed by atoms with Crippen molar-refractivity contribution in [2.75, 3.05) is 17.7 Å². The molecule has 1 aromatic rings. The van der Waals surface area contributed by atoms with Crippen LogP contribution >= 0.6 is 0 Å². The molecule has 2 aliphatic carbocycles. The molecule has 2 unspecified atom stereocenters. The van der Waals surface area contributed by atoms with Gasteiger partial charge in [0.2, 0.25) is 0 Å². The van der Waals surface area contributed by atoms with Crippen molar-refractivity contribution in [3.05, 3.63) is 11.4 Å². The number of rotatable bonds is 4. The van der Waals surface area contributed by atoms with Crippen LogP contribution in [0.2, 0.25) is 0 Å². The molecular formula is C15H24N4. The Labute approximate surface area is 115 Å². The predicted octanol–water partition coefficient (Wildman–Crippen LogP) is 3.30. The van der Waals surface area contributed by atoms with Gasteiger partial charge in [0.25, 0.3) is 0 Å². The van der Waals surface area contributed by atoms with Crippen LogP contribution in [-0.4, -0.2) is 23.1 Å². The zero-order valence-electron chi connectivity index (χ0n) is 12.2. The molecule has 0 aliphatic heterocycles. The molecule has 0 spiro atoms. The van der Waals surface area contributed by atoms with E-state index in [1.165, 1.54) is 32.1 Å². The Morgan fingerprint density at radius 2 is 1.79 bits per heavy atom. The van der Waals surface area contributed by atoms with E-state index in [4.69, 9.17) is 4.98 Å².